The van der Waals surface area contributed by atoms with Gasteiger partial charge >= 0.3 is 6.18 Å². The Morgan fingerprint density at radius 1 is 1.04 bits per heavy atom. The number of alkyl halides is 3. The molecule has 4 aliphatic rings. The number of fused-ring (bicyclic) bond motifs is 2. The molecule has 0 atom stereocenters. The molecule has 1 N–H and O–H groups in total. The number of amides is 1. The van der Waals surface area contributed by atoms with Crippen LogP contribution >= 0.6 is 0 Å². The highest BCUT2D eigenvalue weighted by molar-refractivity contribution is 7.90. The molecule has 0 radical (unpaired) electrons. The molecule has 13 heteroatoms. The number of hydrogen-bond acceptors (Lipinski definition) is 7. The van der Waals surface area contributed by atoms with Crippen LogP contribution in [0.1, 0.15) is 44.2 Å². The number of nitrogens with zero attached hydrogens (tertiary/aromatic N) is 3. The molecule has 256 valence electrons. The maximum absolute atomic E-state index is 13.8. The lowest BCUT2D eigenvalue weighted by atomic mass is 9.71. The van der Waals surface area contributed by atoms with Crippen LogP contribution in [-0.4, -0.2) is 87.8 Å². The van der Waals surface area contributed by atoms with E-state index in [-0.39, 0.29) is 35.5 Å². The highest BCUT2D eigenvalue weighted by Crippen LogP contribution is 2.43. The molecule has 1 aliphatic carbocycles. The lowest BCUT2D eigenvalue weighted by Gasteiger charge is -2.56. The second kappa shape index (κ2) is 12.6. The van der Waals surface area contributed by atoms with Crippen molar-refractivity contribution in [3.05, 3.63) is 48.2 Å². The summed E-state index contributed by atoms with van der Waals surface area (Å²) in [4.78, 5) is 16.7. The van der Waals surface area contributed by atoms with Gasteiger partial charge < -0.3 is 19.4 Å². The predicted octanol–water partition coefficient (Wildman–Crippen LogP) is 5.22. The van der Waals surface area contributed by atoms with Gasteiger partial charge in [0.15, 0.2) is 16.4 Å². The van der Waals surface area contributed by atoms with Gasteiger partial charge in [-0.3, -0.25) is 14.6 Å². The molecule has 48 heavy (non-hydrogen) atoms. The molecule has 1 saturated carbocycles. The summed E-state index contributed by atoms with van der Waals surface area (Å²) in [5.74, 6) is 5.61. The molecule has 4 heterocycles. The second-order valence-corrected chi connectivity index (χ2v) is 15.6. The Kier molecular flexibility index (Phi) is 8.62. The van der Waals surface area contributed by atoms with Crippen LogP contribution in [0.2, 0.25) is 0 Å². The minimum atomic E-state index is -4.47. The zero-order chi connectivity index (χ0) is 33.7. The molecule has 0 bridgehead atoms. The van der Waals surface area contributed by atoms with Crippen molar-refractivity contribution in [3.8, 4) is 17.6 Å². The van der Waals surface area contributed by atoms with Gasteiger partial charge in [-0.2, -0.15) is 13.2 Å². The van der Waals surface area contributed by atoms with Crippen molar-refractivity contribution in [2.75, 3.05) is 55.9 Å². The molecule has 1 amide bonds. The summed E-state index contributed by atoms with van der Waals surface area (Å²) in [7, 11) is -3.49. The van der Waals surface area contributed by atoms with Gasteiger partial charge in [0.2, 0.25) is 0 Å². The van der Waals surface area contributed by atoms with E-state index in [0.717, 1.165) is 76.8 Å². The van der Waals surface area contributed by atoms with Crippen LogP contribution in [0.3, 0.4) is 0 Å². The minimum absolute atomic E-state index is 0.0513. The lowest BCUT2D eigenvalue weighted by molar-refractivity contribution is -0.140. The number of carbonyl (C=O) groups is 1. The number of nitrogens with one attached hydrogen (secondary N) is 1. The first-order valence-electron chi connectivity index (χ1n) is 16.4. The Bertz CT molecular complexity index is 1870. The Labute approximate surface area is 278 Å². The molecule has 0 unspecified atom stereocenters. The smallest absolute Gasteiger partial charge is 0.406 e. The van der Waals surface area contributed by atoms with E-state index >= 15 is 0 Å². The maximum atomic E-state index is 13.8. The van der Waals surface area contributed by atoms with Crippen molar-refractivity contribution in [1.29, 1.82) is 0 Å². The summed E-state index contributed by atoms with van der Waals surface area (Å²) in [6, 6.07) is 12.0. The highest BCUT2D eigenvalue weighted by Gasteiger charge is 2.46. The first kappa shape index (κ1) is 32.8. The van der Waals surface area contributed by atoms with Crippen molar-refractivity contribution >= 4 is 38.0 Å². The molecule has 1 spiro atoms. The zero-order valence-electron chi connectivity index (χ0n) is 26.8. The van der Waals surface area contributed by atoms with E-state index < -0.39 is 28.5 Å². The third-order valence-electron chi connectivity index (χ3n) is 10.2. The summed E-state index contributed by atoms with van der Waals surface area (Å²) in [5.41, 5.74) is 2.19. The molecule has 3 aliphatic heterocycles. The molecular formula is C35H39F3N4O5S. The van der Waals surface area contributed by atoms with Crippen LogP contribution in [-0.2, 0) is 25.9 Å². The van der Waals surface area contributed by atoms with Crippen molar-refractivity contribution in [2.24, 2.45) is 5.41 Å². The molecule has 7 rings (SSSR count). The number of benzene rings is 2. The van der Waals surface area contributed by atoms with Crippen LogP contribution in [0.5, 0.6) is 5.75 Å². The fourth-order valence-corrected chi connectivity index (χ4v) is 8.30. The molecule has 3 aromatic rings. The van der Waals surface area contributed by atoms with Crippen molar-refractivity contribution in [2.45, 2.75) is 68.2 Å². The summed E-state index contributed by atoms with van der Waals surface area (Å²) in [6.07, 6.45) is 3.06. The fourth-order valence-electron chi connectivity index (χ4n) is 7.66. The second-order valence-electron chi connectivity index (χ2n) is 13.6. The molecular weight excluding hydrogens is 645 g/mol. The third-order valence-corrected chi connectivity index (χ3v) is 11.4. The van der Waals surface area contributed by atoms with E-state index in [1.54, 1.807) is 18.2 Å². The average molecular weight is 685 g/mol. The van der Waals surface area contributed by atoms with Crippen LogP contribution < -0.4 is 15.0 Å². The summed E-state index contributed by atoms with van der Waals surface area (Å²) in [5, 5.41) is 4.30. The first-order valence-corrected chi connectivity index (χ1v) is 18.3. The van der Waals surface area contributed by atoms with E-state index in [1.807, 2.05) is 6.07 Å². The molecule has 2 saturated heterocycles. The highest BCUT2D eigenvalue weighted by atomic mass is 32.2. The Morgan fingerprint density at radius 2 is 1.79 bits per heavy atom. The summed E-state index contributed by atoms with van der Waals surface area (Å²) >= 11 is 0. The topological polar surface area (TPSA) is 93.1 Å². The largest absolute Gasteiger partial charge is 0.482 e. The summed E-state index contributed by atoms with van der Waals surface area (Å²) < 4.78 is 77.5. The van der Waals surface area contributed by atoms with Gasteiger partial charge in [-0.05, 0) is 74.8 Å². The van der Waals surface area contributed by atoms with Gasteiger partial charge in [0.1, 0.15) is 12.3 Å². The zero-order valence-corrected chi connectivity index (χ0v) is 27.6. The van der Waals surface area contributed by atoms with E-state index in [0.29, 0.717) is 28.0 Å². The van der Waals surface area contributed by atoms with E-state index in [1.165, 1.54) is 27.7 Å². The number of halogens is 3. The number of rotatable bonds is 6. The average Bonchev–Trinajstić information content (AvgIpc) is 3.37. The molecule has 3 fully saturated rings. The van der Waals surface area contributed by atoms with Crippen LogP contribution in [0.4, 0.5) is 24.5 Å². The number of hydrogen-bond donors (Lipinski definition) is 1. The number of sulfone groups is 1. The van der Waals surface area contributed by atoms with E-state index in [4.69, 9.17) is 9.47 Å². The van der Waals surface area contributed by atoms with Crippen molar-refractivity contribution < 1.29 is 35.9 Å². The van der Waals surface area contributed by atoms with Gasteiger partial charge in [-0.1, -0.05) is 12.0 Å². The monoisotopic (exact) mass is 684 g/mol. The Balaban J connectivity index is 1.08. The van der Waals surface area contributed by atoms with Crippen LogP contribution in [0, 0.1) is 17.3 Å². The molecule has 1 aromatic heterocycles. The van der Waals surface area contributed by atoms with Crippen LogP contribution in [0.15, 0.2) is 47.4 Å². The first-order chi connectivity index (χ1) is 22.9. The predicted molar refractivity (Wildman–Crippen MR) is 176 cm³/mol. The van der Waals surface area contributed by atoms with Gasteiger partial charge in [-0.25, -0.2) is 8.42 Å². The van der Waals surface area contributed by atoms with Gasteiger partial charge in [0.05, 0.1) is 28.3 Å². The van der Waals surface area contributed by atoms with Gasteiger partial charge in [-0.15, -0.1) is 0 Å². The number of ether oxygens (including phenoxy) is 2. The third kappa shape index (κ3) is 6.75. The van der Waals surface area contributed by atoms with Crippen molar-refractivity contribution in [1.82, 2.24) is 9.47 Å². The maximum Gasteiger partial charge on any atom is 0.406 e. The molecule has 2 aromatic carbocycles. The van der Waals surface area contributed by atoms with Gasteiger partial charge in [0, 0.05) is 67.2 Å². The number of anilines is 2. The fraction of sp³-hybridized carbons (Fsp3) is 0.514. The number of aromatic nitrogens is 1. The SMILES string of the molecule is CS(=O)(=O)c1ccc2c(c1)OCC(=O)N2CC#Cc1cc2c(N[C@H]3CC[C@H](N4CC5(CCOCC5)C4)CC3)cccc2n1CC(F)(F)F. The number of likely N-dealkylation sites (tertiary alicyclic amines) is 1. The molecule has 9 nitrogen and oxygen atoms in total. The van der Waals surface area contributed by atoms with Gasteiger partial charge in [0.25, 0.3) is 5.91 Å². The van der Waals surface area contributed by atoms with E-state index in [2.05, 4.69) is 22.1 Å². The Hall–Kier alpha value is -3.73. The summed E-state index contributed by atoms with van der Waals surface area (Å²) in [6.45, 7) is 2.43. The van der Waals surface area contributed by atoms with E-state index in [9.17, 15) is 26.4 Å². The quantitative estimate of drug-likeness (QED) is 0.356. The lowest BCUT2D eigenvalue weighted by Crippen LogP contribution is -2.62. The number of carbonyl (C=O) groups excluding carboxylic acids is 1. The van der Waals surface area contributed by atoms with Crippen LogP contribution in [0.25, 0.3) is 10.9 Å². The minimum Gasteiger partial charge on any atom is -0.482 e. The standard InChI is InChI=1S/C35H39F3N4O5S/c1-48(44,45)27-11-12-31-32(19-27)47-20-33(43)41(31)15-3-4-26-18-28-29(5-2-6-30(28)42(26)23-35(36,37)38)39-24-7-9-25(10-8-24)40-21-34(22-40)13-16-46-17-14-34/h2,5-6,11-12,18-19,24-25,39H,7-10,13-17,20-23H2,1H3/t24-,25-. The van der Waals surface area contributed by atoms with Crippen molar-refractivity contribution in [3.63, 3.8) is 0 Å². The Morgan fingerprint density at radius 3 is 2.50 bits per heavy atom. The normalized spacial score (nSPS) is 22.8.